The summed E-state index contributed by atoms with van der Waals surface area (Å²) in [5.74, 6) is 0.393. The van der Waals surface area contributed by atoms with E-state index in [0.29, 0.717) is 42.7 Å². The first-order valence-corrected chi connectivity index (χ1v) is 8.41. The molecule has 0 aliphatic heterocycles. The average Bonchev–Trinajstić information content (AvgIpc) is 2.50. The van der Waals surface area contributed by atoms with Gasteiger partial charge in [0.1, 0.15) is 0 Å². The maximum absolute atomic E-state index is 12.8. The zero-order valence-electron chi connectivity index (χ0n) is 15.0. The maximum Gasteiger partial charge on any atom is 0.338 e. The van der Waals surface area contributed by atoms with Crippen LogP contribution in [0.3, 0.4) is 0 Å². The van der Waals surface area contributed by atoms with E-state index in [1.165, 1.54) is 0 Å². The molecule has 0 N–H and O–H groups in total. The Morgan fingerprint density at radius 2 is 1.61 bits per heavy atom. The smallest absolute Gasteiger partial charge is 0.338 e. The van der Waals surface area contributed by atoms with Crippen molar-refractivity contribution in [3.63, 3.8) is 0 Å². The molecule has 0 spiro atoms. The van der Waals surface area contributed by atoms with Crippen molar-refractivity contribution in [1.82, 2.24) is 4.90 Å². The molecule has 0 saturated carbocycles. The average molecular weight is 319 g/mol. The fraction of sp³-hybridized carbons (Fsp3) is 0.579. The monoisotopic (exact) mass is 319 g/mol. The van der Waals surface area contributed by atoms with Crippen molar-refractivity contribution in [3.05, 3.63) is 35.4 Å². The molecular formula is C19H29NO3. The Morgan fingerprint density at radius 3 is 2.13 bits per heavy atom. The van der Waals surface area contributed by atoms with Crippen LogP contribution in [-0.2, 0) is 4.74 Å². The van der Waals surface area contributed by atoms with Crippen LogP contribution in [0.1, 0.15) is 61.8 Å². The molecule has 4 heteroatoms. The van der Waals surface area contributed by atoms with Crippen LogP contribution in [-0.4, -0.2) is 36.5 Å². The molecule has 1 aromatic rings. The molecule has 4 nitrogen and oxygen atoms in total. The highest BCUT2D eigenvalue weighted by Gasteiger charge is 2.19. The lowest BCUT2D eigenvalue weighted by Crippen LogP contribution is -2.37. The van der Waals surface area contributed by atoms with Gasteiger partial charge in [0, 0.05) is 18.7 Å². The standard InChI is InChI=1S/C19H29NO3/c1-6-10-23-19(22)17-9-7-8-16(11-17)18(21)20(12-14(2)3)13-15(4)5/h7-9,11,14-15H,6,10,12-13H2,1-5H3. The largest absolute Gasteiger partial charge is 0.462 e. The Kier molecular flexibility index (Phi) is 7.79. The van der Waals surface area contributed by atoms with E-state index in [0.717, 1.165) is 6.42 Å². The third-order valence-corrected chi connectivity index (χ3v) is 3.24. The van der Waals surface area contributed by atoms with E-state index >= 15 is 0 Å². The third-order valence-electron chi connectivity index (χ3n) is 3.24. The van der Waals surface area contributed by atoms with Gasteiger partial charge in [-0.05, 0) is 36.5 Å². The highest BCUT2D eigenvalue weighted by Crippen LogP contribution is 2.13. The molecule has 0 saturated heterocycles. The van der Waals surface area contributed by atoms with E-state index in [2.05, 4.69) is 27.7 Å². The van der Waals surface area contributed by atoms with Crippen molar-refractivity contribution in [1.29, 1.82) is 0 Å². The number of nitrogens with zero attached hydrogens (tertiary/aromatic N) is 1. The second kappa shape index (κ2) is 9.33. The Hall–Kier alpha value is -1.84. The van der Waals surface area contributed by atoms with E-state index in [-0.39, 0.29) is 11.9 Å². The van der Waals surface area contributed by atoms with Crippen LogP contribution in [0.4, 0.5) is 0 Å². The number of hydrogen-bond acceptors (Lipinski definition) is 3. The van der Waals surface area contributed by atoms with Gasteiger partial charge in [-0.3, -0.25) is 4.79 Å². The summed E-state index contributed by atoms with van der Waals surface area (Å²) in [6.07, 6.45) is 0.779. The lowest BCUT2D eigenvalue weighted by Gasteiger charge is -2.26. The van der Waals surface area contributed by atoms with Gasteiger partial charge in [-0.15, -0.1) is 0 Å². The number of amides is 1. The van der Waals surface area contributed by atoms with Gasteiger partial charge in [0.2, 0.25) is 0 Å². The SMILES string of the molecule is CCCOC(=O)c1cccc(C(=O)N(CC(C)C)CC(C)C)c1. The molecule has 0 bridgehead atoms. The third kappa shape index (κ3) is 6.43. The van der Waals surface area contributed by atoms with Crippen LogP contribution in [0.25, 0.3) is 0 Å². The predicted molar refractivity (Wildman–Crippen MR) is 92.6 cm³/mol. The molecular weight excluding hydrogens is 290 g/mol. The van der Waals surface area contributed by atoms with Crippen LogP contribution in [0.5, 0.6) is 0 Å². The second-order valence-electron chi connectivity index (χ2n) is 6.71. The zero-order chi connectivity index (χ0) is 17.4. The van der Waals surface area contributed by atoms with Gasteiger partial charge in [0.25, 0.3) is 5.91 Å². The van der Waals surface area contributed by atoms with Crippen molar-refractivity contribution in [3.8, 4) is 0 Å². The van der Waals surface area contributed by atoms with Gasteiger partial charge in [-0.25, -0.2) is 4.79 Å². The van der Waals surface area contributed by atoms with Crippen LogP contribution < -0.4 is 0 Å². The molecule has 0 aromatic heterocycles. The molecule has 1 aromatic carbocycles. The summed E-state index contributed by atoms with van der Waals surface area (Å²) in [4.78, 5) is 26.6. The summed E-state index contributed by atoms with van der Waals surface area (Å²) in [6, 6.07) is 6.81. The highest BCUT2D eigenvalue weighted by atomic mass is 16.5. The molecule has 0 unspecified atom stereocenters. The van der Waals surface area contributed by atoms with Crippen LogP contribution >= 0.6 is 0 Å². The van der Waals surface area contributed by atoms with Crippen molar-refractivity contribution in [2.24, 2.45) is 11.8 Å². The summed E-state index contributed by atoms with van der Waals surface area (Å²) >= 11 is 0. The molecule has 0 radical (unpaired) electrons. The minimum absolute atomic E-state index is 0.0301. The normalized spacial score (nSPS) is 10.9. The number of esters is 1. The summed E-state index contributed by atoms with van der Waals surface area (Å²) in [6.45, 7) is 12.1. The van der Waals surface area contributed by atoms with E-state index in [4.69, 9.17) is 4.74 Å². The van der Waals surface area contributed by atoms with E-state index in [9.17, 15) is 9.59 Å². The molecule has 0 aliphatic carbocycles. The number of carbonyl (C=O) groups excluding carboxylic acids is 2. The Labute approximate surface area is 139 Å². The molecule has 1 rings (SSSR count). The quantitative estimate of drug-likeness (QED) is 0.680. The molecule has 128 valence electrons. The van der Waals surface area contributed by atoms with E-state index in [1.54, 1.807) is 24.3 Å². The molecule has 1 amide bonds. The number of hydrogen-bond donors (Lipinski definition) is 0. The van der Waals surface area contributed by atoms with Gasteiger partial charge in [0.05, 0.1) is 12.2 Å². The molecule has 0 fully saturated rings. The lowest BCUT2D eigenvalue weighted by atomic mass is 10.1. The van der Waals surface area contributed by atoms with Crippen molar-refractivity contribution < 1.29 is 14.3 Å². The molecule has 0 atom stereocenters. The van der Waals surface area contributed by atoms with Gasteiger partial charge in [0.15, 0.2) is 0 Å². The van der Waals surface area contributed by atoms with Gasteiger partial charge < -0.3 is 9.64 Å². The lowest BCUT2D eigenvalue weighted by molar-refractivity contribution is 0.0505. The number of benzene rings is 1. The highest BCUT2D eigenvalue weighted by molar-refractivity contribution is 5.98. The summed E-state index contributed by atoms with van der Waals surface area (Å²) in [5, 5.41) is 0. The zero-order valence-corrected chi connectivity index (χ0v) is 15.0. The number of carbonyl (C=O) groups is 2. The minimum Gasteiger partial charge on any atom is -0.462 e. The van der Waals surface area contributed by atoms with Crippen molar-refractivity contribution in [2.75, 3.05) is 19.7 Å². The topological polar surface area (TPSA) is 46.6 Å². The maximum atomic E-state index is 12.8. The summed E-state index contributed by atoms with van der Waals surface area (Å²) in [5.41, 5.74) is 0.968. The number of ether oxygens (including phenoxy) is 1. The van der Waals surface area contributed by atoms with E-state index < -0.39 is 0 Å². The Morgan fingerprint density at radius 1 is 1.04 bits per heavy atom. The van der Waals surface area contributed by atoms with Crippen LogP contribution in [0, 0.1) is 11.8 Å². The second-order valence-corrected chi connectivity index (χ2v) is 6.71. The Bertz CT molecular complexity index is 513. The fourth-order valence-electron chi connectivity index (χ4n) is 2.36. The molecule has 0 aliphatic rings. The first-order chi connectivity index (χ1) is 10.8. The minimum atomic E-state index is -0.374. The molecule has 23 heavy (non-hydrogen) atoms. The van der Waals surface area contributed by atoms with E-state index in [1.807, 2.05) is 11.8 Å². The first kappa shape index (κ1) is 19.2. The number of rotatable bonds is 8. The summed E-state index contributed by atoms with van der Waals surface area (Å²) in [7, 11) is 0. The van der Waals surface area contributed by atoms with Crippen molar-refractivity contribution >= 4 is 11.9 Å². The van der Waals surface area contributed by atoms with Crippen molar-refractivity contribution in [2.45, 2.75) is 41.0 Å². The fourth-order valence-corrected chi connectivity index (χ4v) is 2.36. The predicted octanol–water partition coefficient (Wildman–Crippen LogP) is 4.01. The summed E-state index contributed by atoms with van der Waals surface area (Å²) < 4.78 is 5.14. The molecule has 0 heterocycles. The van der Waals surface area contributed by atoms with Crippen LogP contribution in [0.15, 0.2) is 24.3 Å². The first-order valence-electron chi connectivity index (χ1n) is 8.41. The van der Waals surface area contributed by atoms with Gasteiger partial charge in [-0.1, -0.05) is 40.7 Å². The van der Waals surface area contributed by atoms with Gasteiger partial charge in [-0.2, -0.15) is 0 Å². The van der Waals surface area contributed by atoms with Gasteiger partial charge >= 0.3 is 5.97 Å². The Balaban J connectivity index is 2.94. The van der Waals surface area contributed by atoms with Crippen LogP contribution in [0.2, 0.25) is 0 Å².